The van der Waals surface area contributed by atoms with Crippen molar-refractivity contribution in [2.24, 2.45) is 11.1 Å². The number of carbonyl (C=O) groups is 1. The Labute approximate surface area is 149 Å². The standard InChI is InChI=1S/C19H28N4O2/c1-4-19(5-2,13-20)17(24)22-8-10-23(11-9-22)18-21-15-12-14(3)6-7-16(15)25-18/h6-7,12H,4-5,8-11,13,20H2,1-3H3. The van der Waals surface area contributed by atoms with Gasteiger partial charge in [-0.3, -0.25) is 4.79 Å². The second-order valence-corrected chi connectivity index (χ2v) is 6.94. The molecule has 1 fully saturated rings. The monoisotopic (exact) mass is 344 g/mol. The Hall–Kier alpha value is -2.08. The van der Waals surface area contributed by atoms with Crippen molar-refractivity contribution in [1.29, 1.82) is 0 Å². The molecule has 1 aromatic carbocycles. The van der Waals surface area contributed by atoms with Crippen LogP contribution in [0.2, 0.25) is 0 Å². The Morgan fingerprint density at radius 3 is 2.52 bits per heavy atom. The van der Waals surface area contributed by atoms with Gasteiger partial charge in [-0.2, -0.15) is 4.98 Å². The van der Waals surface area contributed by atoms with E-state index < -0.39 is 5.41 Å². The molecule has 0 aliphatic carbocycles. The van der Waals surface area contributed by atoms with Gasteiger partial charge in [0.2, 0.25) is 5.91 Å². The molecule has 0 unspecified atom stereocenters. The quantitative estimate of drug-likeness (QED) is 0.902. The maximum atomic E-state index is 12.9. The van der Waals surface area contributed by atoms with Crippen LogP contribution < -0.4 is 10.6 Å². The fourth-order valence-corrected chi connectivity index (χ4v) is 3.53. The summed E-state index contributed by atoms with van der Waals surface area (Å²) in [6.45, 7) is 9.36. The van der Waals surface area contributed by atoms with E-state index in [1.165, 1.54) is 5.56 Å². The minimum atomic E-state index is -0.419. The van der Waals surface area contributed by atoms with Crippen molar-refractivity contribution in [2.45, 2.75) is 33.6 Å². The molecule has 3 rings (SSSR count). The third-order valence-electron chi connectivity index (χ3n) is 5.57. The molecule has 2 heterocycles. The van der Waals surface area contributed by atoms with E-state index in [2.05, 4.69) is 9.88 Å². The highest BCUT2D eigenvalue weighted by Gasteiger charge is 2.38. The van der Waals surface area contributed by atoms with Gasteiger partial charge in [-0.15, -0.1) is 0 Å². The van der Waals surface area contributed by atoms with Gasteiger partial charge in [-0.25, -0.2) is 0 Å². The zero-order chi connectivity index (χ0) is 18.0. The molecular formula is C19H28N4O2. The van der Waals surface area contributed by atoms with Crippen molar-refractivity contribution in [1.82, 2.24) is 9.88 Å². The second kappa shape index (κ2) is 7.04. The van der Waals surface area contributed by atoms with E-state index >= 15 is 0 Å². The number of piperazine rings is 1. The highest BCUT2D eigenvalue weighted by atomic mass is 16.4. The minimum Gasteiger partial charge on any atom is -0.423 e. The average molecular weight is 344 g/mol. The molecule has 1 amide bonds. The molecule has 136 valence electrons. The highest BCUT2D eigenvalue weighted by molar-refractivity contribution is 5.83. The van der Waals surface area contributed by atoms with E-state index in [4.69, 9.17) is 10.2 Å². The molecule has 1 aromatic heterocycles. The lowest BCUT2D eigenvalue weighted by atomic mass is 9.81. The molecule has 0 saturated carbocycles. The number of hydrogen-bond acceptors (Lipinski definition) is 5. The Morgan fingerprint density at radius 1 is 1.24 bits per heavy atom. The lowest BCUT2D eigenvalue weighted by Gasteiger charge is -2.39. The summed E-state index contributed by atoms with van der Waals surface area (Å²) in [7, 11) is 0. The normalized spacial score (nSPS) is 15.8. The van der Waals surface area contributed by atoms with Gasteiger partial charge >= 0.3 is 0 Å². The summed E-state index contributed by atoms with van der Waals surface area (Å²) in [5, 5.41) is 0. The van der Waals surface area contributed by atoms with Crippen molar-refractivity contribution < 1.29 is 9.21 Å². The van der Waals surface area contributed by atoms with Gasteiger partial charge in [0.15, 0.2) is 5.58 Å². The first kappa shape index (κ1) is 17.7. The summed E-state index contributed by atoms with van der Waals surface area (Å²) < 4.78 is 5.88. The number of aryl methyl sites for hydroxylation is 1. The van der Waals surface area contributed by atoms with Crippen LogP contribution in [0.1, 0.15) is 32.3 Å². The van der Waals surface area contributed by atoms with Crippen LogP contribution in [0.4, 0.5) is 6.01 Å². The van der Waals surface area contributed by atoms with Gasteiger partial charge in [0.05, 0.1) is 5.41 Å². The van der Waals surface area contributed by atoms with E-state index in [1.54, 1.807) is 0 Å². The predicted octanol–water partition coefficient (Wildman–Crippen LogP) is 2.55. The summed E-state index contributed by atoms with van der Waals surface area (Å²) in [4.78, 5) is 21.6. The molecule has 1 aliphatic rings. The van der Waals surface area contributed by atoms with Gasteiger partial charge in [-0.05, 0) is 37.5 Å². The Morgan fingerprint density at radius 2 is 1.92 bits per heavy atom. The molecular weight excluding hydrogens is 316 g/mol. The summed E-state index contributed by atoms with van der Waals surface area (Å²) in [5.74, 6) is 0.188. The summed E-state index contributed by atoms with van der Waals surface area (Å²) in [6, 6.07) is 6.65. The molecule has 1 saturated heterocycles. The SMILES string of the molecule is CCC(CC)(CN)C(=O)N1CCN(c2nc3cc(C)ccc3o2)CC1. The van der Waals surface area contributed by atoms with Crippen molar-refractivity contribution >= 4 is 23.0 Å². The lowest BCUT2D eigenvalue weighted by Crippen LogP contribution is -2.55. The van der Waals surface area contributed by atoms with Crippen LogP contribution >= 0.6 is 0 Å². The zero-order valence-electron chi connectivity index (χ0n) is 15.4. The maximum Gasteiger partial charge on any atom is 0.298 e. The van der Waals surface area contributed by atoms with Crippen LogP contribution in [-0.2, 0) is 4.79 Å². The van der Waals surface area contributed by atoms with Crippen molar-refractivity contribution in [3.05, 3.63) is 23.8 Å². The molecule has 25 heavy (non-hydrogen) atoms. The molecule has 0 spiro atoms. The number of nitrogens with two attached hydrogens (primary N) is 1. The predicted molar refractivity (Wildman–Crippen MR) is 99.6 cm³/mol. The Kier molecular flexibility index (Phi) is 4.99. The number of fused-ring (bicyclic) bond motifs is 1. The van der Waals surface area contributed by atoms with Crippen molar-refractivity contribution in [2.75, 3.05) is 37.6 Å². The molecule has 6 nitrogen and oxygen atoms in total. The fourth-order valence-electron chi connectivity index (χ4n) is 3.53. The van der Waals surface area contributed by atoms with E-state index in [9.17, 15) is 4.79 Å². The first-order valence-electron chi connectivity index (χ1n) is 9.14. The number of benzene rings is 1. The smallest absolute Gasteiger partial charge is 0.298 e. The Bertz CT molecular complexity index is 735. The van der Waals surface area contributed by atoms with E-state index in [0.29, 0.717) is 25.6 Å². The van der Waals surface area contributed by atoms with Gasteiger partial charge in [0.1, 0.15) is 5.52 Å². The summed E-state index contributed by atoms with van der Waals surface area (Å²) in [5.41, 5.74) is 8.36. The topological polar surface area (TPSA) is 75.6 Å². The van der Waals surface area contributed by atoms with Crippen LogP contribution in [-0.4, -0.2) is 48.5 Å². The Balaban J connectivity index is 1.69. The number of amides is 1. The molecule has 2 aromatic rings. The largest absolute Gasteiger partial charge is 0.423 e. The van der Waals surface area contributed by atoms with Gasteiger partial charge in [-0.1, -0.05) is 19.9 Å². The van der Waals surface area contributed by atoms with Crippen molar-refractivity contribution in [3.8, 4) is 0 Å². The van der Waals surface area contributed by atoms with Crippen LogP contribution in [0.5, 0.6) is 0 Å². The number of rotatable bonds is 5. The average Bonchev–Trinajstić information content (AvgIpc) is 3.06. The maximum absolute atomic E-state index is 12.9. The van der Waals surface area contributed by atoms with Crippen LogP contribution in [0.15, 0.2) is 22.6 Å². The zero-order valence-corrected chi connectivity index (χ0v) is 15.4. The number of nitrogens with zero attached hydrogens (tertiary/aromatic N) is 3. The fraction of sp³-hybridized carbons (Fsp3) is 0.579. The summed E-state index contributed by atoms with van der Waals surface area (Å²) >= 11 is 0. The van der Waals surface area contributed by atoms with Crippen LogP contribution in [0.3, 0.4) is 0 Å². The number of aromatic nitrogens is 1. The lowest BCUT2D eigenvalue weighted by molar-refractivity contribution is -0.142. The number of carbonyl (C=O) groups excluding carboxylic acids is 1. The molecule has 6 heteroatoms. The first-order valence-corrected chi connectivity index (χ1v) is 9.14. The first-order chi connectivity index (χ1) is 12.0. The molecule has 1 aliphatic heterocycles. The molecule has 0 radical (unpaired) electrons. The van der Waals surface area contributed by atoms with E-state index in [0.717, 1.165) is 37.0 Å². The van der Waals surface area contributed by atoms with Gasteiger partial charge in [0, 0.05) is 32.7 Å². The van der Waals surface area contributed by atoms with Gasteiger partial charge in [0.25, 0.3) is 6.01 Å². The third kappa shape index (κ3) is 3.23. The number of anilines is 1. The molecule has 0 bridgehead atoms. The van der Waals surface area contributed by atoms with E-state index in [-0.39, 0.29) is 5.91 Å². The number of hydrogen-bond donors (Lipinski definition) is 1. The third-order valence-corrected chi connectivity index (χ3v) is 5.57. The van der Waals surface area contributed by atoms with E-state index in [1.807, 2.05) is 43.9 Å². The van der Waals surface area contributed by atoms with Crippen molar-refractivity contribution in [3.63, 3.8) is 0 Å². The minimum absolute atomic E-state index is 0.188. The molecule has 2 N–H and O–H groups in total. The van der Waals surface area contributed by atoms with Gasteiger partial charge < -0.3 is 20.0 Å². The second-order valence-electron chi connectivity index (χ2n) is 6.94. The number of oxazole rings is 1. The highest BCUT2D eigenvalue weighted by Crippen LogP contribution is 2.29. The van der Waals surface area contributed by atoms with Crippen LogP contribution in [0.25, 0.3) is 11.1 Å². The molecule has 0 atom stereocenters. The van der Waals surface area contributed by atoms with Crippen LogP contribution in [0, 0.1) is 12.3 Å². The summed E-state index contributed by atoms with van der Waals surface area (Å²) in [6.07, 6.45) is 1.56.